The number of hydrogen-bond acceptors (Lipinski definition) is 4. The van der Waals surface area contributed by atoms with Gasteiger partial charge >= 0.3 is 12.0 Å². The molecule has 0 bridgehead atoms. The molecule has 0 atom stereocenters. The van der Waals surface area contributed by atoms with E-state index in [-0.39, 0.29) is 18.2 Å². The lowest BCUT2D eigenvalue weighted by atomic mass is 10.2. The topological polar surface area (TPSA) is 93.1 Å². The maximum atomic E-state index is 12.1. The maximum absolute atomic E-state index is 12.1. The number of anilines is 1. The van der Waals surface area contributed by atoms with Gasteiger partial charge in [0.1, 0.15) is 0 Å². The van der Waals surface area contributed by atoms with Gasteiger partial charge in [-0.25, -0.2) is 9.59 Å². The zero-order valence-electron chi connectivity index (χ0n) is 11.7. The van der Waals surface area contributed by atoms with E-state index in [9.17, 15) is 9.59 Å². The van der Waals surface area contributed by atoms with Crippen molar-refractivity contribution in [2.45, 2.75) is 0 Å². The number of nitrogens with one attached hydrogen (secondary N) is 1. The molecule has 0 radical (unpaired) electrons. The SMILES string of the molecule is O=C(O)c1cccc(NC(=O)N2CCN(CCO)CC2)c1. The fourth-order valence-corrected chi connectivity index (χ4v) is 2.25. The van der Waals surface area contributed by atoms with Crippen LogP contribution in [0.5, 0.6) is 0 Å². The molecule has 0 spiro atoms. The highest BCUT2D eigenvalue weighted by Gasteiger charge is 2.20. The van der Waals surface area contributed by atoms with Crippen molar-refractivity contribution in [3.05, 3.63) is 29.8 Å². The van der Waals surface area contributed by atoms with Gasteiger partial charge in [0.2, 0.25) is 0 Å². The lowest BCUT2D eigenvalue weighted by Gasteiger charge is -2.34. The fraction of sp³-hybridized carbons (Fsp3) is 0.429. The van der Waals surface area contributed by atoms with Crippen molar-refractivity contribution in [1.29, 1.82) is 0 Å². The molecule has 21 heavy (non-hydrogen) atoms. The van der Waals surface area contributed by atoms with Gasteiger partial charge in [-0.15, -0.1) is 0 Å². The molecule has 1 fully saturated rings. The summed E-state index contributed by atoms with van der Waals surface area (Å²) in [7, 11) is 0. The third-order valence-corrected chi connectivity index (χ3v) is 3.44. The molecule has 1 aliphatic rings. The summed E-state index contributed by atoms with van der Waals surface area (Å²) in [5.41, 5.74) is 0.609. The molecule has 2 rings (SSSR count). The number of nitrogens with zero attached hydrogens (tertiary/aromatic N) is 2. The number of carbonyl (C=O) groups is 2. The normalized spacial score (nSPS) is 15.8. The number of amides is 2. The molecule has 0 saturated carbocycles. The molecule has 0 aliphatic carbocycles. The summed E-state index contributed by atoms with van der Waals surface area (Å²) in [5.74, 6) is -1.02. The first kappa shape index (κ1) is 15.3. The van der Waals surface area contributed by atoms with Crippen LogP contribution in [-0.4, -0.2) is 71.3 Å². The molecule has 114 valence electrons. The Balaban J connectivity index is 1.90. The molecular formula is C14H19N3O4. The third-order valence-electron chi connectivity index (χ3n) is 3.44. The van der Waals surface area contributed by atoms with E-state index in [1.165, 1.54) is 12.1 Å². The Morgan fingerprint density at radius 2 is 1.90 bits per heavy atom. The average Bonchev–Trinajstić information content (AvgIpc) is 2.48. The van der Waals surface area contributed by atoms with Gasteiger partial charge in [0, 0.05) is 38.4 Å². The first-order valence-electron chi connectivity index (χ1n) is 6.82. The van der Waals surface area contributed by atoms with Gasteiger partial charge in [-0.05, 0) is 18.2 Å². The summed E-state index contributed by atoms with van der Waals surface area (Å²) in [5, 5.41) is 20.5. The second-order valence-electron chi connectivity index (χ2n) is 4.87. The highest BCUT2D eigenvalue weighted by atomic mass is 16.4. The second-order valence-corrected chi connectivity index (χ2v) is 4.87. The van der Waals surface area contributed by atoms with Gasteiger partial charge in [-0.2, -0.15) is 0 Å². The number of aliphatic hydroxyl groups excluding tert-OH is 1. The maximum Gasteiger partial charge on any atom is 0.335 e. The number of carboxylic acids is 1. The predicted molar refractivity (Wildman–Crippen MR) is 77.5 cm³/mol. The molecule has 7 nitrogen and oxygen atoms in total. The van der Waals surface area contributed by atoms with Crippen LogP contribution < -0.4 is 5.32 Å². The van der Waals surface area contributed by atoms with E-state index in [1.807, 2.05) is 0 Å². The lowest BCUT2D eigenvalue weighted by Crippen LogP contribution is -2.50. The van der Waals surface area contributed by atoms with Crippen molar-refractivity contribution in [3.8, 4) is 0 Å². The molecule has 0 aromatic heterocycles. The summed E-state index contributed by atoms with van der Waals surface area (Å²) in [6.07, 6.45) is 0. The van der Waals surface area contributed by atoms with Crippen LogP contribution in [0.3, 0.4) is 0 Å². The summed E-state index contributed by atoms with van der Waals surface area (Å²) in [6.45, 7) is 3.37. The van der Waals surface area contributed by atoms with E-state index in [1.54, 1.807) is 17.0 Å². The summed E-state index contributed by atoms with van der Waals surface area (Å²) in [4.78, 5) is 26.8. The van der Waals surface area contributed by atoms with Crippen LogP contribution in [0, 0.1) is 0 Å². The Morgan fingerprint density at radius 3 is 2.52 bits per heavy atom. The minimum Gasteiger partial charge on any atom is -0.478 e. The fourth-order valence-electron chi connectivity index (χ4n) is 2.25. The average molecular weight is 293 g/mol. The molecule has 2 amide bonds. The molecule has 7 heteroatoms. The highest BCUT2D eigenvalue weighted by Crippen LogP contribution is 2.12. The molecule has 1 saturated heterocycles. The van der Waals surface area contributed by atoms with E-state index in [2.05, 4.69) is 10.2 Å². The van der Waals surface area contributed by atoms with Gasteiger partial charge < -0.3 is 20.4 Å². The standard InChI is InChI=1S/C14H19N3O4/c18-9-8-16-4-6-17(7-5-16)14(21)15-12-3-1-2-11(10-12)13(19)20/h1-3,10,18H,4-9H2,(H,15,21)(H,19,20). The number of hydrogen-bond donors (Lipinski definition) is 3. The smallest absolute Gasteiger partial charge is 0.335 e. The van der Waals surface area contributed by atoms with Crippen LogP contribution >= 0.6 is 0 Å². The quantitative estimate of drug-likeness (QED) is 0.753. The lowest BCUT2D eigenvalue weighted by molar-refractivity contribution is 0.0697. The highest BCUT2D eigenvalue weighted by molar-refractivity contribution is 5.93. The van der Waals surface area contributed by atoms with Gasteiger partial charge in [0.25, 0.3) is 0 Å². The van der Waals surface area contributed by atoms with Crippen molar-refractivity contribution in [2.75, 3.05) is 44.6 Å². The molecular weight excluding hydrogens is 274 g/mol. The van der Waals surface area contributed by atoms with Crippen molar-refractivity contribution in [3.63, 3.8) is 0 Å². The number of aliphatic hydroxyl groups is 1. The zero-order valence-corrected chi connectivity index (χ0v) is 11.7. The molecule has 1 aromatic carbocycles. The Morgan fingerprint density at radius 1 is 1.19 bits per heavy atom. The van der Waals surface area contributed by atoms with E-state index in [0.717, 1.165) is 13.1 Å². The molecule has 3 N–H and O–H groups in total. The Labute approximate surface area is 122 Å². The summed E-state index contributed by atoms with van der Waals surface area (Å²) in [6, 6.07) is 5.93. The number of rotatable bonds is 4. The molecule has 1 aliphatic heterocycles. The van der Waals surface area contributed by atoms with E-state index in [4.69, 9.17) is 10.2 Å². The predicted octanol–water partition coefficient (Wildman–Crippen LogP) is 0.527. The van der Waals surface area contributed by atoms with E-state index in [0.29, 0.717) is 25.3 Å². The molecule has 1 aromatic rings. The zero-order chi connectivity index (χ0) is 15.2. The number of β-amino-alcohol motifs (C(OH)–C–C–N with tert-alkyl or cyclic N) is 1. The van der Waals surface area contributed by atoms with Gasteiger partial charge in [-0.1, -0.05) is 6.07 Å². The number of benzene rings is 1. The largest absolute Gasteiger partial charge is 0.478 e. The minimum absolute atomic E-state index is 0.119. The van der Waals surface area contributed by atoms with Crippen LogP contribution in [0.2, 0.25) is 0 Å². The van der Waals surface area contributed by atoms with Gasteiger partial charge in [0.05, 0.1) is 12.2 Å². The Hall–Kier alpha value is -2.12. The van der Waals surface area contributed by atoms with Gasteiger partial charge in [0.15, 0.2) is 0 Å². The van der Waals surface area contributed by atoms with Crippen LogP contribution in [0.15, 0.2) is 24.3 Å². The first-order valence-corrected chi connectivity index (χ1v) is 6.82. The minimum atomic E-state index is -1.02. The van der Waals surface area contributed by atoms with Crippen molar-refractivity contribution in [2.24, 2.45) is 0 Å². The molecule has 1 heterocycles. The second kappa shape index (κ2) is 7.05. The van der Waals surface area contributed by atoms with Crippen LogP contribution in [0.25, 0.3) is 0 Å². The van der Waals surface area contributed by atoms with Gasteiger partial charge in [-0.3, -0.25) is 4.90 Å². The van der Waals surface area contributed by atoms with E-state index < -0.39 is 5.97 Å². The number of carboxylic acid groups (broad SMARTS) is 1. The number of carbonyl (C=O) groups excluding carboxylic acids is 1. The van der Waals surface area contributed by atoms with Crippen molar-refractivity contribution in [1.82, 2.24) is 9.80 Å². The summed E-state index contributed by atoms with van der Waals surface area (Å²) < 4.78 is 0. The number of urea groups is 1. The Kier molecular flexibility index (Phi) is 5.13. The molecule has 0 unspecified atom stereocenters. The van der Waals surface area contributed by atoms with Crippen LogP contribution in [0.1, 0.15) is 10.4 Å². The third kappa shape index (κ3) is 4.17. The number of aromatic carboxylic acids is 1. The van der Waals surface area contributed by atoms with Crippen LogP contribution in [0.4, 0.5) is 10.5 Å². The van der Waals surface area contributed by atoms with Crippen molar-refractivity contribution < 1.29 is 19.8 Å². The number of piperazine rings is 1. The van der Waals surface area contributed by atoms with Crippen molar-refractivity contribution >= 4 is 17.7 Å². The van der Waals surface area contributed by atoms with Crippen LogP contribution in [-0.2, 0) is 0 Å². The van der Waals surface area contributed by atoms with E-state index >= 15 is 0 Å². The summed E-state index contributed by atoms with van der Waals surface area (Å²) >= 11 is 0. The Bertz CT molecular complexity index is 513. The monoisotopic (exact) mass is 293 g/mol. The first-order chi connectivity index (χ1) is 10.1.